The van der Waals surface area contributed by atoms with E-state index in [1.54, 1.807) is 0 Å². The van der Waals surface area contributed by atoms with Gasteiger partial charge in [-0.05, 0) is 31.3 Å². The molecule has 1 aliphatic rings. The summed E-state index contributed by atoms with van der Waals surface area (Å²) in [5.41, 5.74) is 2.78. The molecule has 0 saturated heterocycles. The fourth-order valence-corrected chi connectivity index (χ4v) is 1.92. The smallest absolute Gasteiger partial charge is 0.0700 e. The van der Waals surface area contributed by atoms with Crippen molar-refractivity contribution in [2.24, 2.45) is 11.3 Å². The van der Waals surface area contributed by atoms with Crippen LogP contribution in [0.4, 0.5) is 0 Å². The van der Waals surface area contributed by atoms with Crippen LogP contribution in [-0.4, -0.2) is 0 Å². The van der Waals surface area contributed by atoms with E-state index in [0.717, 1.165) is 6.42 Å². The van der Waals surface area contributed by atoms with Gasteiger partial charge in [-0.2, -0.15) is 5.26 Å². The molecular weight excluding hydrogens is 158 g/mol. The van der Waals surface area contributed by atoms with Gasteiger partial charge in [0.1, 0.15) is 0 Å². The van der Waals surface area contributed by atoms with Crippen LogP contribution in [-0.2, 0) is 0 Å². The quantitative estimate of drug-likeness (QED) is 0.598. The topological polar surface area (TPSA) is 23.8 Å². The highest BCUT2D eigenvalue weighted by atomic mass is 14.3. The third-order valence-electron chi connectivity index (χ3n) is 2.40. The van der Waals surface area contributed by atoms with Gasteiger partial charge in [0.25, 0.3) is 0 Å². The highest BCUT2D eigenvalue weighted by Gasteiger charge is 2.21. The molecule has 1 rings (SSSR count). The first-order chi connectivity index (χ1) is 5.94. The van der Waals surface area contributed by atoms with Crippen molar-refractivity contribution in [1.82, 2.24) is 0 Å². The zero-order valence-electron chi connectivity index (χ0n) is 8.89. The lowest BCUT2D eigenvalue weighted by molar-refractivity contribution is 0.462. The molecule has 0 aromatic heterocycles. The van der Waals surface area contributed by atoms with E-state index in [0.29, 0.717) is 0 Å². The fraction of sp³-hybridized carbons (Fsp3) is 0.583. The van der Waals surface area contributed by atoms with Gasteiger partial charge in [0.2, 0.25) is 0 Å². The van der Waals surface area contributed by atoms with Crippen LogP contribution < -0.4 is 0 Å². The lowest BCUT2D eigenvalue weighted by atomic mass is 9.78. The Morgan fingerprint density at radius 1 is 1.54 bits per heavy atom. The van der Waals surface area contributed by atoms with Gasteiger partial charge in [0.05, 0.1) is 12.0 Å². The van der Waals surface area contributed by atoms with Crippen molar-refractivity contribution in [3.63, 3.8) is 0 Å². The molecule has 0 amide bonds. The van der Waals surface area contributed by atoms with Crippen molar-refractivity contribution < 1.29 is 0 Å². The molecule has 13 heavy (non-hydrogen) atoms. The van der Waals surface area contributed by atoms with Crippen LogP contribution in [0.3, 0.4) is 0 Å². The maximum absolute atomic E-state index is 8.82. The van der Waals surface area contributed by atoms with Gasteiger partial charge >= 0.3 is 0 Å². The molecule has 70 valence electrons. The van der Waals surface area contributed by atoms with Crippen molar-refractivity contribution in [1.29, 1.82) is 5.26 Å². The Bertz CT molecular complexity index is 300. The zero-order chi connectivity index (χ0) is 10.1. The van der Waals surface area contributed by atoms with Gasteiger partial charge in [0, 0.05) is 0 Å². The summed E-state index contributed by atoms with van der Waals surface area (Å²) >= 11 is 0. The Morgan fingerprint density at radius 2 is 2.15 bits per heavy atom. The van der Waals surface area contributed by atoms with E-state index in [-0.39, 0.29) is 11.3 Å². The number of hydrogen-bond donors (Lipinski definition) is 0. The van der Waals surface area contributed by atoms with E-state index in [9.17, 15) is 0 Å². The Labute approximate surface area is 80.8 Å². The van der Waals surface area contributed by atoms with E-state index in [1.165, 1.54) is 11.1 Å². The highest BCUT2D eigenvalue weighted by molar-refractivity contribution is 5.34. The summed E-state index contributed by atoms with van der Waals surface area (Å²) in [5, 5.41) is 8.82. The Balaban J connectivity index is 2.98. The molecule has 0 aromatic rings. The molecule has 0 spiro atoms. The summed E-state index contributed by atoms with van der Waals surface area (Å²) in [6.45, 7) is 8.52. The fourth-order valence-electron chi connectivity index (χ4n) is 1.92. The van der Waals surface area contributed by atoms with Crippen LogP contribution in [0, 0.1) is 22.7 Å². The predicted molar refractivity (Wildman–Crippen MR) is 55.0 cm³/mol. The van der Waals surface area contributed by atoms with Gasteiger partial charge in [-0.25, -0.2) is 0 Å². The first-order valence-corrected chi connectivity index (χ1v) is 4.74. The molecule has 0 radical (unpaired) electrons. The van der Waals surface area contributed by atoms with Gasteiger partial charge < -0.3 is 0 Å². The van der Waals surface area contributed by atoms with Crippen LogP contribution in [0.25, 0.3) is 0 Å². The summed E-state index contributed by atoms with van der Waals surface area (Å²) in [7, 11) is 0. The van der Waals surface area contributed by atoms with Gasteiger partial charge in [-0.15, -0.1) is 0 Å². The first-order valence-electron chi connectivity index (χ1n) is 4.74. The Hall–Kier alpha value is -1.03. The van der Waals surface area contributed by atoms with Gasteiger partial charge in [-0.1, -0.05) is 31.6 Å². The molecule has 0 fully saturated rings. The summed E-state index contributed by atoms with van der Waals surface area (Å²) in [6, 6.07) is 2.28. The minimum atomic E-state index is 0.0227. The summed E-state index contributed by atoms with van der Waals surface area (Å²) < 4.78 is 0. The van der Waals surface area contributed by atoms with Crippen molar-refractivity contribution in [3.05, 3.63) is 23.3 Å². The monoisotopic (exact) mass is 175 g/mol. The standard InChI is InChI=1S/C12H17N/c1-9-5-11(10(2)8-13)7-12(3,4)6-9/h5,7,10H,6H2,1-4H3. The molecule has 0 heterocycles. The third kappa shape index (κ3) is 2.45. The lowest BCUT2D eigenvalue weighted by Gasteiger charge is -2.27. The first kappa shape index (κ1) is 10.1. The van der Waals surface area contributed by atoms with Gasteiger partial charge in [-0.3, -0.25) is 0 Å². The number of hydrogen-bond acceptors (Lipinski definition) is 1. The molecule has 0 aliphatic heterocycles. The largest absolute Gasteiger partial charge is 0.198 e. The van der Waals surface area contributed by atoms with Crippen molar-refractivity contribution >= 4 is 0 Å². The number of rotatable bonds is 1. The van der Waals surface area contributed by atoms with Crippen LogP contribution in [0.2, 0.25) is 0 Å². The zero-order valence-corrected chi connectivity index (χ0v) is 8.89. The van der Waals surface area contributed by atoms with Crippen LogP contribution in [0.15, 0.2) is 23.3 Å². The molecule has 0 aromatic carbocycles. The predicted octanol–water partition coefficient (Wildman–Crippen LogP) is 3.45. The average Bonchev–Trinajstić information content (AvgIpc) is 1.99. The van der Waals surface area contributed by atoms with Crippen LogP contribution >= 0.6 is 0 Å². The Morgan fingerprint density at radius 3 is 2.62 bits per heavy atom. The van der Waals surface area contributed by atoms with Crippen molar-refractivity contribution in [3.8, 4) is 6.07 Å². The SMILES string of the molecule is CC1=CC(C(C)C#N)=CC(C)(C)C1. The minimum absolute atomic E-state index is 0.0227. The molecular formula is C12H17N. The maximum Gasteiger partial charge on any atom is 0.0700 e. The molecule has 0 N–H and O–H groups in total. The van der Waals surface area contributed by atoms with E-state index in [2.05, 4.69) is 39.0 Å². The number of nitriles is 1. The summed E-state index contributed by atoms with van der Waals surface area (Å²) in [6.07, 6.45) is 5.49. The van der Waals surface area contributed by atoms with Crippen molar-refractivity contribution in [2.75, 3.05) is 0 Å². The van der Waals surface area contributed by atoms with E-state index in [1.807, 2.05) is 6.92 Å². The summed E-state index contributed by atoms with van der Waals surface area (Å²) in [5.74, 6) is 0.0227. The van der Waals surface area contributed by atoms with Crippen LogP contribution in [0.5, 0.6) is 0 Å². The second kappa shape index (κ2) is 3.38. The molecule has 0 saturated carbocycles. The van der Waals surface area contributed by atoms with Gasteiger partial charge in [0.15, 0.2) is 0 Å². The molecule has 0 bridgehead atoms. The summed E-state index contributed by atoms with van der Waals surface area (Å²) in [4.78, 5) is 0. The molecule has 1 atom stereocenters. The second-order valence-electron chi connectivity index (χ2n) is 4.65. The highest BCUT2D eigenvalue weighted by Crippen LogP contribution is 2.34. The van der Waals surface area contributed by atoms with E-state index < -0.39 is 0 Å². The van der Waals surface area contributed by atoms with Crippen molar-refractivity contribution in [2.45, 2.75) is 34.1 Å². The molecule has 1 unspecified atom stereocenters. The van der Waals surface area contributed by atoms with E-state index >= 15 is 0 Å². The normalized spacial score (nSPS) is 22.7. The molecule has 1 aliphatic carbocycles. The molecule has 1 heteroatoms. The third-order valence-corrected chi connectivity index (χ3v) is 2.40. The average molecular weight is 175 g/mol. The number of nitrogens with zero attached hydrogens (tertiary/aromatic N) is 1. The van der Waals surface area contributed by atoms with E-state index in [4.69, 9.17) is 5.26 Å². The lowest BCUT2D eigenvalue weighted by Crippen LogP contribution is -2.14. The second-order valence-corrected chi connectivity index (χ2v) is 4.65. The number of allylic oxidation sites excluding steroid dienone is 4. The Kier molecular flexibility index (Phi) is 2.61. The minimum Gasteiger partial charge on any atom is -0.198 e. The maximum atomic E-state index is 8.82. The van der Waals surface area contributed by atoms with Crippen LogP contribution in [0.1, 0.15) is 34.1 Å². The molecule has 1 nitrogen and oxygen atoms in total.